The van der Waals surface area contributed by atoms with E-state index in [1.807, 2.05) is 43.3 Å². The number of carbonyl (C=O) groups excluding carboxylic acids is 1. The molecule has 2 fully saturated rings. The highest BCUT2D eigenvalue weighted by Gasteiger charge is 2.52. The minimum Gasteiger partial charge on any atom is -0.454 e. The lowest BCUT2D eigenvalue weighted by Crippen LogP contribution is -2.44. The molecule has 3 heterocycles. The van der Waals surface area contributed by atoms with Crippen molar-refractivity contribution in [2.75, 3.05) is 25.2 Å². The molecule has 1 amide bonds. The van der Waals surface area contributed by atoms with Crippen LogP contribution in [0, 0.1) is 6.92 Å². The fraction of sp³-hybridized carbons (Fsp3) is 0.500. The van der Waals surface area contributed by atoms with Gasteiger partial charge in [0.15, 0.2) is 24.9 Å². The van der Waals surface area contributed by atoms with Crippen LogP contribution in [0.15, 0.2) is 42.5 Å². The Balaban J connectivity index is 1.25. The summed E-state index contributed by atoms with van der Waals surface area (Å²) in [6, 6.07) is 13.8. The van der Waals surface area contributed by atoms with Gasteiger partial charge in [-0.3, -0.25) is 9.69 Å². The van der Waals surface area contributed by atoms with E-state index in [1.165, 1.54) is 0 Å². The molecule has 224 valence electrons. The third-order valence-electron chi connectivity index (χ3n) is 9.42. The molecule has 2 aliphatic heterocycles. The van der Waals surface area contributed by atoms with Crippen molar-refractivity contribution in [1.82, 2.24) is 9.88 Å². The average molecular weight is 626 g/mol. The largest absolute Gasteiger partial charge is 0.454 e. The van der Waals surface area contributed by atoms with Gasteiger partial charge in [-0.15, -0.1) is 0 Å². The van der Waals surface area contributed by atoms with Crippen LogP contribution >= 0.6 is 22.9 Å². The van der Waals surface area contributed by atoms with Gasteiger partial charge in [0.2, 0.25) is 12.7 Å². The smallest absolute Gasteiger partial charge is 0.236 e. The van der Waals surface area contributed by atoms with Gasteiger partial charge in [-0.25, -0.2) is 4.98 Å². The fourth-order valence-corrected chi connectivity index (χ4v) is 8.51. The molecule has 1 aromatic heterocycles. The van der Waals surface area contributed by atoms with Crippen molar-refractivity contribution in [3.05, 3.63) is 69.2 Å². The first-order valence-corrected chi connectivity index (χ1v) is 18.8. The number of nitrogens with one attached hydrogen (secondary N) is 1. The van der Waals surface area contributed by atoms with Crippen molar-refractivity contribution in [2.45, 2.75) is 82.7 Å². The zero-order valence-electron chi connectivity index (χ0n) is 25.3. The summed E-state index contributed by atoms with van der Waals surface area (Å²) in [6.07, 6.45) is 2.75. The van der Waals surface area contributed by atoms with Crippen molar-refractivity contribution >= 4 is 42.3 Å². The molecule has 2 atom stereocenters. The van der Waals surface area contributed by atoms with Gasteiger partial charge < -0.3 is 19.2 Å². The van der Waals surface area contributed by atoms with Crippen LogP contribution in [0.25, 0.3) is 0 Å². The molecule has 3 aromatic rings. The lowest BCUT2D eigenvalue weighted by atomic mass is 9.94. The number of aromatic nitrogens is 1. The molecular weight excluding hydrogens is 586 g/mol. The molecular formula is C32H40ClN3O4SSi. The summed E-state index contributed by atoms with van der Waals surface area (Å²) < 4.78 is 17.9. The van der Waals surface area contributed by atoms with Crippen LogP contribution < -0.4 is 14.8 Å². The normalized spacial score (nSPS) is 20.5. The van der Waals surface area contributed by atoms with Crippen LogP contribution in [0.1, 0.15) is 67.8 Å². The summed E-state index contributed by atoms with van der Waals surface area (Å²) in [5.74, 6) is 1.39. The number of anilines is 1. The number of ether oxygens (including phenoxy) is 2. The number of carbonyl (C=O) groups is 1. The van der Waals surface area contributed by atoms with Gasteiger partial charge in [0.25, 0.3) is 0 Å². The predicted molar refractivity (Wildman–Crippen MR) is 171 cm³/mol. The number of nitrogens with zero attached hydrogens (tertiary/aromatic N) is 2. The summed E-state index contributed by atoms with van der Waals surface area (Å²) >= 11 is 8.36. The summed E-state index contributed by atoms with van der Waals surface area (Å²) in [6.45, 7) is 15.5. The van der Waals surface area contributed by atoms with Gasteiger partial charge in [-0.05, 0) is 73.6 Å². The van der Waals surface area contributed by atoms with Gasteiger partial charge in [0.05, 0.1) is 28.1 Å². The van der Waals surface area contributed by atoms with E-state index >= 15 is 0 Å². The van der Waals surface area contributed by atoms with Crippen LogP contribution in [0.2, 0.25) is 23.2 Å². The molecule has 7 nitrogen and oxygen atoms in total. The van der Waals surface area contributed by atoms with E-state index in [9.17, 15) is 4.79 Å². The molecule has 1 saturated heterocycles. The maximum atomic E-state index is 13.7. The number of likely N-dealkylation sites (tertiary alicyclic amines) is 1. The molecule has 0 bridgehead atoms. The van der Waals surface area contributed by atoms with E-state index < -0.39 is 13.7 Å². The number of fused-ring (bicyclic) bond motifs is 1. The Bertz CT molecular complexity index is 1500. The highest BCUT2D eigenvalue weighted by molar-refractivity contribution is 7.16. The second kappa shape index (κ2) is 10.9. The van der Waals surface area contributed by atoms with Gasteiger partial charge in [-0.1, -0.05) is 68.0 Å². The molecule has 3 aliphatic rings. The maximum absolute atomic E-state index is 13.7. The minimum atomic E-state index is -1.90. The quantitative estimate of drug-likeness (QED) is 0.259. The first-order chi connectivity index (χ1) is 19.9. The van der Waals surface area contributed by atoms with Crippen LogP contribution in [-0.2, 0) is 14.6 Å². The third kappa shape index (κ3) is 5.50. The molecule has 1 unspecified atom stereocenters. The Labute approximate surface area is 258 Å². The number of benzene rings is 2. The number of amides is 1. The van der Waals surface area contributed by atoms with E-state index in [4.69, 9.17) is 30.5 Å². The van der Waals surface area contributed by atoms with E-state index in [2.05, 4.69) is 50.1 Å². The number of aryl methyl sites for hydroxylation is 1. The zero-order valence-corrected chi connectivity index (χ0v) is 27.8. The van der Waals surface area contributed by atoms with Crippen molar-refractivity contribution in [1.29, 1.82) is 0 Å². The Morgan fingerprint density at radius 3 is 2.64 bits per heavy atom. The third-order valence-corrected chi connectivity index (χ3v) is 15.4. The van der Waals surface area contributed by atoms with Crippen LogP contribution in [0.5, 0.6) is 11.5 Å². The van der Waals surface area contributed by atoms with Crippen LogP contribution in [0.4, 0.5) is 5.13 Å². The standard InChI is InChI=1S/C32H40ClN3O4SSi/c1-20-28(41-30(34-20)35-29(37)32(14-15-32)21-11-12-25-26(17-21)39-19-38-25)27(23-9-7-8-10-24(23)33)36-16-13-22(18-36)40-42(5,6)31(2,3)4/h7-12,17,22,27H,13-16,18-19H2,1-6H3,(H,34,35,37)/t22?,27-/m0/s1. The summed E-state index contributed by atoms with van der Waals surface area (Å²) in [7, 11) is -1.90. The van der Waals surface area contributed by atoms with Gasteiger partial charge in [0.1, 0.15) is 0 Å². The number of hydrogen-bond acceptors (Lipinski definition) is 7. The van der Waals surface area contributed by atoms with Crippen LogP contribution in [0.3, 0.4) is 0 Å². The van der Waals surface area contributed by atoms with E-state index in [-0.39, 0.29) is 29.9 Å². The van der Waals surface area contributed by atoms with Gasteiger partial charge in [0, 0.05) is 18.1 Å². The minimum absolute atomic E-state index is 0.0278. The number of thiazole rings is 1. The van der Waals surface area contributed by atoms with Gasteiger partial charge >= 0.3 is 0 Å². The fourth-order valence-electron chi connectivity index (χ4n) is 5.78. The Kier molecular flexibility index (Phi) is 7.71. The van der Waals surface area contributed by atoms with E-state index in [1.54, 1.807) is 11.3 Å². The number of halogens is 1. The topological polar surface area (TPSA) is 72.9 Å². The molecule has 0 radical (unpaired) electrons. The molecule has 2 aromatic carbocycles. The van der Waals surface area contributed by atoms with Crippen molar-refractivity contribution in [3.63, 3.8) is 0 Å². The van der Waals surface area contributed by atoms with E-state index in [0.29, 0.717) is 10.9 Å². The summed E-state index contributed by atoms with van der Waals surface area (Å²) in [4.78, 5) is 22.1. The average Bonchev–Trinajstić information content (AvgIpc) is 3.20. The van der Waals surface area contributed by atoms with E-state index in [0.717, 1.165) is 64.8 Å². The van der Waals surface area contributed by atoms with Gasteiger partial charge in [-0.2, -0.15) is 0 Å². The second-order valence-corrected chi connectivity index (χ2v) is 19.5. The lowest BCUT2D eigenvalue weighted by molar-refractivity contribution is -0.118. The zero-order chi connectivity index (χ0) is 29.9. The van der Waals surface area contributed by atoms with Crippen molar-refractivity contribution < 1.29 is 18.7 Å². The summed E-state index contributed by atoms with van der Waals surface area (Å²) in [5.41, 5.74) is 2.35. The molecule has 1 saturated carbocycles. The molecule has 1 aliphatic carbocycles. The first-order valence-electron chi connectivity index (χ1n) is 14.7. The Morgan fingerprint density at radius 1 is 1.19 bits per heavy atom. The van der Waals surface area contributed by atoms with Crippen LogP contribution in [-0.4, -0.2) is 50.1 Å². The van der Waals surface area contributed by atoms with Crippen molar-refractivity contribution in [3.8, 4) is 11.5 Å². The lowest BCUT2D eigenvalue weighted by Gasteiger charge is -2.38. The monoisotopic (exact) mass is 625 g/mol. The highest BCUT2D eigenvalue weighted by atomic mass is 35.5. The Hall–Kier alpha value is -2.43. The molecule has 6 rings (SSSR count). The number of rotatable bonds is 8. The predicted octanol–water partition coefficient (Wildman–Crippen LogP) is 7.69. The Morgan fingerprint density at radius 2 is 1.93 bits per heavy atom. The molecule has 10 heteroatoms. The first kappa shape index (κ1) is 29.6. The molecule has 0 spiro atoms. The molecule has 1 N–H and O–H groups in total. The number of hydrogen-bond donors (Lipinski definition) is 1. The summed E-state index contributed by atoms with van der Waals surface area (Å²) in [5, 5.41) is 4.67. The van der Waals surface area contributed by atoms with Crippen molar-refractivity contribution in [2.24, 2.45) is 0 Å². The highest BCUT2D eigenvalue weighted by Crippen LogP contribution is 2.51. The molecule has 42 heavy (non-hydrogen) atoms. The maximum Gasteiger partial charge on any atom is 0.236 e. The SMILES string of the molecule is Cc1nc(NC(=O)C2(c3ccc4c(c3)OCO4)CC2)sc1[C@H](c1ccccc1Cl)N1CCC(O[Si](C)(C)C(C)(C)C)C1. The second-order valence-electron chi connectivity index (χ2n) is 13.3.